The largest absolute Gasteiger partial charge is 0.271 e. The fourth-order valence-corrected chi connectivity index (χ4v) is 3.76. The molecule has 0 spiro atoms. The first-order chi connectivity index (χ1) is 10.2. The molecular weight excluding hydrogens is 276 g/mol. The lowest BCUT2D eigenvalue weighted by atomic mass is 9.95. The molecule has 0 radical (unpaired) electrons. The molecule has 2 nitrogen and oxygen atoms in total. The molecule has 21 heavy (non-hydrogen) atoms. The van der Waals surface area contributed by atoms with Crippen molar-refractivity contribution in [3.8, 4) is 0 Å². The quantitative estimate of drug-likeness (QED) is 0.557. The molecule has 1 aromatic heterocycles. The van der Waals surface area contributed by atoms with E-state index >= 15 is 0 Å². The molecule has 3 aromatic rings. The summed E-state index contributed by atoms with van der Waals surface area (Å²) in [5, 5.41) is 3.43. The molecule has 3 N–H and O–H groups in total. The van der Waals surface area contributed by atoms with Gasteiger partial charge in [0, 0.05) is 4.70 Å². The number of nitrogens with one attached hydrogen (secondary N) is 1. The fourth-order valence-electron chi connectivity index (χ4n) is 2.79. The maximum atomic E-state index is 5.86. The Morgan fingerprint density at radius 1 is 1.14 bits per heavy atom. The smallest absolute Gasteiger partial charge is 0.0514 e. The lowest BCUT2D eigenvalue weighted by Crippen LogP contribution is -2.29. The lowest BCUT2D eigenvalue weighted by molar-refractivity contribution is 0.555. The van der Waals surface area contributed by atoms with Gasteiger partial charge in [0.1, 0.15) is 0 Å². The van der Waals surface area contributed by atoms with E-state index in [1.54, 1.807) is 11.3 Å². The summed E-state index contributed by atoms with van der Waals surface area (Å²) in [6, 6.07) is 15.3. The summed E-state index contributed by atoms with van der Waals surface area (Å²) in [5.41, 5.74) is 8.25. The van der Waals surface area contributed by atoms with Gasteiger partial charge in [-0.3, -0.25) is 11.3 Å². The molecule has 0 aliphatic heterocycles. The van der Waals surface area contributed by atoms with Crippen LogP contribution in [0.25, 0.3) is 10.1 Å². The number of benzene rings is 2. The highest BCUT2D eigenvalue weighted by atomic mass is 32.1. The maximum absolute atomic E-state index is 5.86. The van der Waals surface area contributed by atoms with Crippen LogP contribution in [0.4, 0.5) is 0 Å². The zero-order valence-corrected chi connectivity index (χ0v) is 13.2. The number of fused-ring (bicyclic) bond motifs is 1. The second-order valence-corrected chi connectivity index (χ2v) is 6.46. The summed E-state index contributed by atoms with van der Waals surface area (Å²) < 4.78 is 1.32. The molecule has 0 saturated carbocycles. The first-order valence-corrected chi connectivity index (χ1v) is 8.05. The van der Waals surface area contributed by atoms with Crippen LogP contribution in [-0.2, 0) is 6.42 Å². The summed E-state index contributed by atoms with van der Waals surface area (Å²) in [6.45, 7) is 4.29. The summed E-state index contributed by atoms with van der Waals surface area (Å²) in [6.07, 6.45) is 0.904. The Bertz CT molecular complexity index is 761. The molecule has 0 bridgehead atoms. The number of hydrogen-bond donors (Lipinski definition) is 2. The van der Waals surface area contributed by atoms with Crippen LogP contribution in [0.1, 0.15) is 28.3 Å². The number of hydrazine groups is 1. The first kappa shape index (κ1) is 14.3. The number of hydrogen-bond acceptors (Lipinski definition) is 3. The normalized spacial score (nSPS) is 12.7. The molecule has 0 saturated heterocycles. The molecule has 108 valence electrons. The third kappa shape index (κ3) is 2.86. The highest BCUT2D eigenvalue weighted by molar-refractivity contribution is 7.17. The Morgan fingerprint density at radius 2 is 2.00 bits per heavy atom. The van der Waals surface area contributed by atoms with E-state index in [9.17, 15) is 0 Å². The monoisotopic (exact) mass is 296 g/mol. The standard InChI is InChI=1S/C18H20N2S/c1-12-6-7-13(2)15(10-12)11-17(20-19)16-5-3-4-14-8-9-21-18(14)16/h3-10,17,20H,11,19H2,1-2H3. The van der Waals surface area contributed by atoms with Crippen molar-refractivity contribution in [1.29, 1.82) is 0 Å². The average molecular weight is 296 g/mol. The van der Waals surface area contributed by atoms with Crippen molar-refractivity contribution in [3.63, 3.8) is 0 Å². The third-order valence-corrected chi connectivity index (χ3v) is 4.99. The lowest BCUT2D eigenvalue weighted by Gasteiger charge is -2.19. The van der Waals surface area contributed by atoms with Gasteiger partial charge in [0.05, 0.1) is 6.04 Å². The van der Waals surface area contributed by atoms with Crippen LogP contribution in [0, 0.1) is 13.8 Å². The van der Waals surface area contributed by atoms with Crippen LogP contribution in [0.3, 0.4) is 0 Å². The molecule has 2 aromatic carbocycles. The van der Waals surface area contributed by atoms with E-state index in [0.29, 0.717) is 0 Å². The second-order valence-electron chi connectivity index (χ2n) is 5.54. The number of rotatable bonds is 4. The van der Waals surface area contributed by atoms with Crippen molar-refractivity contribution in [2.24, 2.45) is 5.84 Å². The second kappa shape index (κ2) is 5.98. The Kier molecular flexibility index (Phi) is 4.06. The van der Waals surface area contributed by atoms with Crippen molar-refractivity contribution < 1.29 is 0 Å². The molecule has 3 heteroatoms. The van der Waals surface area contributed by atoms with Gasteiger partial charge in [-0.15, -0.1) is 11.3 Å². The predicted molar refractivity (Wildman–Crippen MR) is 91.5 cm³/mol. The molecule has 1 atom stereocenters. The van der Waals surface area contributed by atoms with E-state index < -0.39 is 0 Å². The van der Waals surface area contributed by atoms with Crippen LogP contribution in [-0.4, -0.2) is 0 Å². The molecule has 1 heterocycles. The minimum absolute atomic E-state index is 0.132. The van der Waals surface area contributed by atoms with Crippen molar-refractivity contribution in [2.75, 3.05) is 0 Å². The van der Waals surface area contributed by atoms with Gasteiger partial charge in [0.25, 0.3) is 0 Å². The van der Waals surface area contributed by atoms with Gasteiger partial charge < -0.3 is 0 Å². The van der Waals surface area contributed by atoms with Crippen LogP contribution >= 0.6 is 11.3 Å². The third-order valence-electron chi connectivity index (χ3n) is 4.01. The van der Waals surface area contributed by atoms with Gasteiger partial charge in [-0.25, -0.2) is 0 Å². The maximum Gasteiger partial charge on any atom is 0.0514 e. The SMILES string of the molecule is Cc1ccc(C)c(CC(NN)c2cccc3ccsc23)c1. The molecule has 1 unspecified atom stereocenters. The Balaban J connectivity index is 1.99. The number of thiophene rings is 1. The molecule has 0 aliphatic rings. The van der Waals surface area contributed by atoms with E-state index in [1.165, 1.54) is 32.3 Å². The zero-order chi connectivity index (χ0) is 14.8. The van der Waals surface area contributed by atoms with Crippen molar-refractivity contribution in [2.45, 2.75) is 26.3 Å². The summed E-state index contributed by atoms with van der Waals surface area (Å²) >= 11 is 1.78. The highest BCUT2D eigenvalue weighted by Gasteiger charge is 2.15. The molecule has 0 aliphatic carbocycles. The minimum atomic E-state index is 0.132. The first-order valence-electron chi connectivity index (χ1n) is 7.17. The molecule has 0 amide bonds. The van der Waals surface area contributed by atoms with E-state index in [-0.39, 0.29) is 6.04 Å². The highest BCUT2D eigenvalue weighted by Crippen LogP contribution is 2.31. The van der Waals surface area contributed by atoms with Gasteiger partial charge in [-0.05, 0) is 53.8 Å². The molecule has 3 rings (SSSR count). The Labute approximate surface area is 129 Å². The summed E-state index contributed by atoms with van der Waals surface area (Å²) in [7, 11) is 0. The van der Waals surface area contributed by atoms with Crippen LogP contribution in [0.2, 0.25) is 0 Å². The topological polar surface area (TPSA) is 38.0 Å². The number of nitrogens with two attached hydrogens (primary N) is 1. The summed E-state index contributed by atoms with van der Waals surface area (Å²) in [5.74, 6) is 5.86. The van der Waals surface area contributed by atoms with Crippen LogP contribution in [0.15, 0.2) is 47.8 Å². The van der Waals surface area contributed by atoms with Crippen molar-refractivity contribution >= 4 is 21.4 Å². The van der Waals surface area contributed by atoms with Gasteiger partial charge in [-0.1, -0.05) is 42.0 Å². The minimum Gasteiger partial charge on any atom is -0.271 e. The van der Waals surface area contributed by atoms with E-state index in [2.05, 4.69) is 67.1 Å². The Hall–Kier alpha value is -1.68. The van der Waals surface area contributed by atoms with Crippen molar-refractivity contribution in [3.05, 3.63) is 70.1 Å². The van der Waals surface area contributed by atoms with Crippen LogP contribution < -0.4 is 11.3 Å². The van der Waals surface area contributed by atoms with Gasteiger partial charge in [-0.2, -0.15) is 0 Å². The van der Waals surface area contributed by atoms with Gasteiger partial charge >= 0.3 is 0 Å². The van der Waals surface area contributed by atoms with Crippen LogP contribution in [0.5, 0.6) is 0 Å². The fraction of sp³-hybridized carbons (Fsp3) is 0.222. The molecular formula is C18H20N2S. The zero-order valence-electron chi connectivity index (χ0n) is 12.4. The van der Waals surface area contributed by atoms with E-state index in [0.717, 1.165) is 6.42 Å². The summed E-state index contributed by atoms with van der Waals surface area (Å²) in [4.78, 5) is 0. The van der Waals surface area contributed by atoms with Gasteiger partial charge in [0.15, 0.2) is 0 Å². The van der Waals surface area contributed by atoms with Crippen molar-refractivity contribution in [1.82, 2.24) is 5.43 Å². The Morgan fingerprint density at radius 3 is 2.81 bits per heavy atom. The average Bonchev–Trinajstić information content (AvgIpc) is 2.96. The van der Waals surface area contributed by atoms with Gasteiger partial charge in [0.2, 0.25) is 0 Å². The molecule has 0 fully saturated rings. The predicted octanol–water partition coefficient (Wildman–Crippen LogP) is 4.27. The number of aryl methyl sites for hydroxylation is 2. The van der Waals surface area contributed by atoms with E-state index in [4.69, 9.17) is 5.84 Å². The van der Waals surface area contributed by atoms with E-state index in [1.807, 2.05) is 0 Å².